The highest BCUT2D eigenvalue weighted by molar-refractivity contribution is 7.93. The second-order valence-corrected chi connectivity index (χ2v) is 9.08. The van der Waals surface area contributed by atoms with E-state index in [1.54, 1.807) is 25.1 Å². The third-order valence-corrected chi connectivity index (χ3v) is 6.89. The van der Waals surface area contributed by atoms with Gasteiger partial charge in [0.05, 0.1) is 37.7 Å². The van der Waals surface area contributed by atoms with Crippen molar-refractivity contribution in [2.75, 3.05) is 61.3 Å². The van der Waals surface area contributed by atoms with Gasteiger partial charge < -0.3 is 20.3 Å². The minimum Gasteiger partial charge on any atom is -0.370 e. The SMILES string of the molecule is Cc1cc(N2CCCS2(=O)=O)ccc1NC(=O)C(=O)NCC[NH+]1CCOCC1. The van der Waals surface area contributed by atoms with Crippen LogP contribution < -0.4 is 19.8 Å². The Hall–Kier alpha value is -2.17. The van der Waals surface area contributed by atoms with Crippen LogP contribution in [0.5, 0.6) is 0 Å². The molecule has 2 aliphatic rings. The number of ether oxygens (including phenoxy) is 1. The lowest BCUT2D eigenvalue weighted by molar-refractivity contribution is -0.906. The molecule has 2 saturated heterocycles. The molecule has 28 heavy (non-hydrogen) atoms. The molecule has 9 nitrogen and oxygen atoms in total. The highest BCUT2D eigenvalue weighted by Gasteiger charge is 2.28. The van der Waals surface area contributed by atoms with Crippen molar-refractivity contribution in [1.29, 1.82) is 0 Å². The summed E-state index contributed by atoms with van der Waals surface area (Å²) in [7, 11) is -3.25. The maximum Gasteiger partial charge on any atom is 0.313 e. The van der Waals surface area contributed by atoms with E-state index in [0.29, 0.717) is 36.4 Å². The van der Waals surface area contributed by atoms with E-state index in [1.807, 2.05) is 0 Å². The molecule has 154 valence electrons. The highest BCUT2D eigenvalue weighted by Crippen LogP contribution is 2.27. The number of aryl methyl sites for hydroxylation is 1. The monoisotopic (exact) mass is 411 g/mol. The summed E-state index contributed by atoms with van der Waals surface area (Å²) < 4.78 is 30.7. The first-order valence-corrected chi connectivity index (χ1v) is 11.1. The van der Waals surface area contributed by atoms with Crippen molar-refractivity contribution < 1.29 is 27.6 Å². The second-order valence-electron chi connectivity index (χ2n) is 7.06. The molecule has 1 aromatic rings. The Kier molecular flexibility index (Phi) is 6.53. The Balaban J connectivity index is 1.52. The van der Waals surface area contributed by atoms with Gasteiger partial charge in [-0.1, -0.05) is 0 Å². The van der Waals surface area contributed by atoms with Gasteiger partial charge in [0, 0.05) is 12.2 Å². The zero-order valence-electron chi connectivity index (χ0n) is 16.0. The van der Waals surface area contributed by atoms with Gasteiger partial charge in [0.15, 0.2) is 0 Å². The summed E-state index contributed by atoms with van der Waals surface area (Å²) >= 11 is 0. The maximum atomic E-state index is 12.1. The third kappa shape index (κ3) is 5.00. The molecular formula is C18H27N4O5S+. The molecule has 0 unspecified atom stereocenters. The molecule has 0 aliphatic carbocycles. The predicted octanol–water partition coefficient (Wildman–Crippen LogP) is -1.50. The average Bonchev–Trinajstić information content (AvgIpc) is 3.03. The number of anilines is 2. The largest absolute Gasteiger partial charge is 0.370 e. The standard InChI is InChI=1S/C18H26N4O5S/c1-14-13-15(22-6-2-12-28(22,25)26)3-4-16(14)20-18(24)17(23)19-5-7-21-8-10-27-11-9-21/h3-4,13H,2,5-12H2,1H3,(H,19,23)(H,20,24)/p+1. The van der Waals surface area contributed by atoms with Crippen molar-refractivity contribution in [3.63, 3.8) is 0 Å². The van der Waals surface area contributed by atoms with Crippen LogP contribution in [0, 0.1) is 6.92 Å². The molecule has 0 bridgehead atoms. The smallest absolute Gasteiger partial charge is 0.313 e. The maximum absolute atomic E-state index is 12.1. The summed E-state index contributed by atoms with van der Waals surface area (Å²) in [6.07, 6.45) is 0.603. The molecule has 10 heteroatoms. The van der Waals surface area contributed by atoms with E-state index < -0.39 is 21.8 Å². The van der Waals surface area contributed by atoms with Gasteiger partial charge in [0.2, 0.25) is 10.0 Å². The molecule has 2 aliphatic heterocycles. The van der Waals surface area contributed by atoms with Gasteiger partial charge in [-0.3, -0.25) is 13.9 Å². The summed E-state index contributed by atoms with van der Waals surface area (Å²) in [6.45, 7) is 6.64. The van der Waals surface area contributed by atoms with Crippen LogP contribution in [0.4, 0.5) is 11.4 Å². The van der Waals surface area contributed by atoms with Crippen LogP contribution >= 0.6 is 0 Å². The number of nitrogens with zero attached hydrogens (tertiary/aromatic N) is 1. The molecule has 0 spiro atoms. The number of quaternary nitrogens is 1. The number of morpholine rings is 1. The van der Waals surface area contributed by atoms with E-state index in [4.69, 9.17) is 4.74 Å². The van der Waals surface area contributed by atoms with Gasteiger partial charge in [-0.15, -0.1) is 0 Å². The Labute approximate surface area is 165 Å². The zero-order chi connectivity index (χ0) is 20.1. The van der Waals surface area contributed by atoms with E-state index in [2.05, 4.69) is 10.6 Å². The number of carbonyl (C=O) groups excluding carboxylic acids is 2. The van der Waals surface area contributed by atoms with Crippen molar-refractivity contribution >= 4 is 33.2 Å². The molecule has 3 rings (SSSR count). The Bertz CT molecular complexity index is 836. The molecule has 2 fully saturated rings. The first-order valence-electron chi connectivity index (χ1n) is 9.48. The van der Waals surface area contributed by atoms with Crippen molar-refractivity contribution in [2.45, 2.75) is 13.3 Å². The van der Waals surface area contributed by atoms with Crippen molar-refractivity contribution in [2.24, 2.45) is 0 Å². The molecule has 0 saturated carbocycles. The topological polar surface area (TPSA) is 109 Å². The van der Waals surface area contributed by atoms with Crippen molar-refractivity contribution in [3.8, 4) is 0 Å². The highest BCUT2D eigenvalue weighted by atomic mass is 32.2. The summed E-state index contributed by atoms with van der Waals surface area (Å²) in [5.41, 5.74) is 1.75. The van der Waals surface area contributed by atoms with Crippen LogP contribution in [0.15, 0.2) is 18.2 Å². The van der Waals surface area contributed by atoms with E-state index in [-0.39, 0.29) is 5.75 Å². The predicted molar refractivity (Wildman–Crippen MR) is 105 cm³/mol. The summed E-state index contributed by atoms with van der Waals surface area (Å²) in [6, 6.07) is 4.98. The average molecular weight is 412 g/mol. The molecule has 0 radical (unpaired) electrons. The van der Waals surface area contributed by atoms with Crippen LogP contribution in [-0.2, 0) is 24.3 Å². The first-order chi connectivity index (χ1) is 13.4. The van der Waals surface area contributed by atoms with Crippen LogP contribution in [0.1, 0.15) is 12.0 Å². The number of rotatable bonds is 5. The van der Waals surface area contributed by atoms with E-state index in [0.717, 1.165) is 32.8 Å². The van der Waals surface area contributed by atoms with Gasteiger partial charge in [-0.05, 0) is 37.1 Å². The van der Waals surface area contributed by atoms with Crippen LogP contribution in [0.2, 0.25) is 0 Å². The lowest BCUT2D eigenvalue weighted by Crippen LogP contribution is -3.14. The molecule has 3 N–H and O–H groups in total. The van der Waals surface area contributed by atoms with Gasteiger partial charge in [0.1, 0.15) is 13.1 Å². The third-order valence-electron chi connectivity index (χ3n) is 5.02. The van der Waals surface area contributed by atoms with E-state index in [1.165, 1.54) is 9.21 Å². The van der Waals surface area contributed by atoms with Crippen molar-refractivity contribution in [1.82, 2.24) is 5.32 Å². The normalized spacial score (nSPS) is 19.4. The number of nitrogens with one attached hydrogen (secondary N) is 3. The molecule has 2 amide bonds. The molecular weight excluding hydrogens is 384 g/mol. The van der Waals surface area contributed by atoms with Gasteiger partial charge >= 0.3 is 11.8 Å². The van der Waals surface area contributed by atoms with Gasteiger partial charge in [0.25, 0.3) is 0 Å². The Morgan fingerprint density at radius 2 is 1.96 bits per heavy atom. The van der Waals surface area contributed by atoms with Crippen LogP contribution in [0.3, 0.4) is 0 Å². The Morgan fingerprint density at radius 1 is 1.21 bits per heavy atom. The van der Waals surface area contributed by atoms with Gasteiger partial charge in [-0.25, -0.2) is 8.42 Å². The molecule has 0 aromatic heterocycles. The molecule has 1 aromatic carbocycles. The number of hydrogen-bond donors (Lipinski definition) is 3. The number of carbonyl (C=O) groups is 2. The quantitative estimate of drug-likeness (QED) is 0.511. The number of hydrogen-bond acceptors (Lipinski definition) is 5. The fraction of sp³-hybridized carbons (Fsp3) is 0.556. The first kappa shape index (κ1) is 20.6. The minimum atomic E-state index is -3.25. The van der Waals surface area contributed by atoms with Crippen molar-refractivity contribution in [3.05, 3.63) is 23.8 Å². The minimum absolute atomic E-state index is 0.150. The lowest BCUT2D eigenvalue weighted by Gasteiger charge is -2.23. The summed E-state index contributed by atoms with van der Waals surface area (Å²) in [5, 5.41) is 5.23. The van der Waals surface area contributed by atoms with E-state index >= 15 is 0 Å². The lowest BCUT2D eigenvalue weighted by atomic mass is 10.1. The second kappa shape index (κ2) is 8.89. The molecule has 0 atom stereocenters. The number of amides is 2. The fourth-order valence-electron chi connectivity index (χ4n) is 3.40. The van der Waals surface area contributed by atoms with Crippen LogP contribution in [-0.4, -0.2) is 71.9 Å². The van der Waals surface area contributed by atoms with Gasteiger partial charge in [-0.2, -0.15) is 0 Å². The summed E-state index contributed by atoms with van der Waals surface area (Å²) in [4.78, 5) is 25.5. The summed E-state index contributed by atoms with van der Waals surface area (Å²) in [5.74, 6) is -1.27. The Morgan fingerprint density at radius 3 is 2.61 bits per heavy atom. The number of benzene rings is 1. The van der Waals surface area contributed by atoms with Crippen LogP contribution in [0.25, 0.3) is 0 Å². The fourth-order valence-corrected chi connectivity index (χ4v) is 4.95. The molecule has 2 heterocycles. The van der Waals surface area contributed by atoms with E-state index in [9.17, 15) is 18.0 Å². The zero-order valence-corrected chi connectivity index (χ0v) is 16.8. The number of sulfonamides is 1.